The second-order valence-corrected chi connectivity index (χ2v) is 6.17. The van der Waals surface area contributed by atoms with Crippen molar-refractivity contribution < 1.29 is 9.53 Å². The summed E-state index contributed by atoms with van der Waals surface area (Å²) in [5, 5.41) is 1.15. The summed E-state index contributed by atoms with van der Waals surface area (Å²) in [6, 6.07) is 13.8. The highest BCUT2D eigenvalue weighted by Gasteiger charge is 2.32. The number of hydrogen-bond acceptors (Lipinski definition) is 3. The van der Waals surface area contributed by atoms with Crippen molar-refractivity contribution in [3.05, 3.63) is 60.4 Å². The monoisotopic (exact) mass is 321 g/mol. The van der Waals surface area contributed by atoms with Crippen LogP contribution in [0.2, 0.25) is 0 Å². The molecular weight excluding hydrogens is 302 g/mol. The maximum atomic E-state index is 12.5. The van der Waals surface area contributed by atoms with Crippen LogP contribution in [0.25, 0.3) is 10.9 Å². The van der Waals surface area contributed by atoms with Crippen LogP contribution in [-0.4, -0.2) is 39.6 Å². The number of fused-ring (bicyclic) bond motifs is 1. The molecule has 0 spiro atoms. The van der Waals surface area contributed by atoms with Crippen LogP contribution in [0.4, 0.5) is 0 Å². The molecular formula is C19H19N3O2. The quantitative estimate of drug-likeness (QED) is 0.741. The Morgan fingerprint density at radius 2 is 2.00 bits per heavy atom. The molecule has 0 radical (unpaired) electrons. The van der Waals surface area contributed by atoms with Gasteiger partial charge in [0.15, 0.2) is 0 Å². The first-order valence-electron chi connectivity index (χ1n) is 8.09. The number of amides is 1. The van der Waals surface area contributed by atoms with Crippen LogP contribution in [0, 0.1) is 0 Å². The summed E-state index contributed by atoms with van der Waals surface area (Å²) in [6.07, 6.45) is 4.22. The van der Waals surface area contributed by atoms with E-state index in [1.165, 1.54) is 0 Å². The second-order valence-electron chi connectivity index (χ2n) is 6.17. The highest BCUT2D eigenvalue weighted by atomic mass is 16.5. The van der Waals surface area contributed by atoms with E-state index >= 15 is 0 Å². The number of carbonyl (C=O) groups is 1. The maximum Gasteiger partial charge on any atom is 0.227 e. The zero-order valence-electron chi connectivity index (χ0n) is 13.6. The standard InChI is InChI=1S/C19H19N3O2/c1-21-11-14(16-6-2-3-7-17(16)21)10-19(23)22-12-15(13-22)24-18-8-4-5-9-20-18/h2-9,11,15H,10,12-13H2,1H3. The number of pyridine rings is 1. The minimum Gasteiger partial charge on any atom is -0.471 e. The van der Waals surface area contributed by atoms with Gasteiger partial charge in [-0.2, -0.15) is 0 Å². The fourth-order valence-electron chi connectivity index (χ4n) is 3.15. The van der Waals surface area contributed by atoms with E-state index in [-0.39, 0.29) is 12.0 Å². The van der Waals surface area contributed by atoms with Crippen LogP contribution in [0.5, 0.6) is 5.88 Å². The number of rotatable bonds is 4. The normalized spacial score (nSPS) is 14.6. The summed E-state index contributed by atoms with van der Waals surface area (Å²) < 4.78 is 7.82. The molecule has 0 saturated carbocycles. The fourth-order valence-corrected chi connectivity index (χ4v) is 3.15. The largest absolute Gasteiger partial charge is 0.471 e. The zero-order chi connectivity index (χ0) is 16.5. The van der Waals surface area contributed by atoms with E-state index in [9.17, 15) is 4.79 Å². The van der Waals surface area contributed by atoms with Crippen molar-refractivity contribution in [2.45, 2.75) is 12.5 Å². The molecule has 3 heterocycles. The molecule has 0 N–H and O–H groups in total. The van der Waals surface area contributed by atoms with Crippen molar-refractivity contribution in [2.24, 2.45) is 7.05 Å². The third kappa shape index (κ3) is 2.73. The van der Waals surface area contributed by atoms with Gasteiger partial charge in [-0.1, -0.05) is 24.3 Å². The number of likely N-dealkylation sites (tertiary alicyclic amines) is 1. The lowest BCUT2D eigenvalue weighted by molar-refractivity contribution is -0.139. The summed E-state index contributed by atoms with van der Waals surface area (Å²) in [6.45, 7) is 1.25. The van der Waals surface area contributed by atoms with Gasteiger partial charge in [-0.05, 0) is 17.7 Å². The number of hydrogen-bond donors (Lipinski definition) is 0. The van der Waals surface area contributed by atoms with Crippen molar-refractivity contribution in [3.8, 4) is 5.88 Å². The van der Waals surface area contributed by atoms with E-state index in [1.54, 1.807) is 6.20 Å². The number of nitrogens with zero attached hydrogens (tertiary/aromatic N) is 3. The molecule has 5 heteroatoms. The average Bonchev–Trinajstić information content (AvgIpc) is 2.88. The first-order valence-corrected chi connectivity index (χ1v) is 8.09. The Balaban J connectivity index is 1.37. The topological polar surface area (TPSA) is 47.4 Å². The molecule has 122 valence electrons. The average molecular weight is 321 g/mol. The summed E-state index contributed by atoms with van der Waals surface area (Å²) in [5.41, 5.74) is 2.23. The molecule has 1 fully saturated rings. The highest BCUT2D eigenvalue weighted by Crippen LogP contribution is 2.23. The molecule has 3 aromatic rings. The van der Waals surface area contributed by atoms with E-state index in [2.05, 4.69) is 21.7 Å². The van der Waals surface area contributed by atoms with Crippen molar-refractivity contribution in [2.75, 3.05) is 13.1 Å². The van der Waals surface area contributed by atoms with Crippen LogP contribution < -0.4 is 4.74 Å². The number of carbonyl (C=O) groups excluding carboxylic acids is 1. The second kappa shape index (κ2) is 6.00. The Labute approximate surface area is 140 Å². The van der Waals surface area contributed by atoms with E-state index in [0.29, 0.717) is 25.4 Å². The Bertz CT molecular complexity index is 867. The minimum absolute atomic E-state index is 0.0383. The molecule has 24 heavy (non-hydrogen) atoms. The number of para-hydroxylation sites is 1. The SMILES string of the molecule is Cn1cc(CC(=O)N2CC(Oc3ccccn3)C2)c2ccccc21. The van der Waals surface area contributed by atoms with Gasteiger partial charge >= 0.3 is 0 Å². The van der Waals surface area contributed by atoms with E-state index in [4.69, 9.17) is 4.74 Å². The van der Waals surface area contributed by atoms with E-state index < -0.39 is 0 Å². The molecule has 1 amide bonds. The Morgan fingerprint density at radius 1 is 1.21 bits per heavy atom. The summed E-state index contributed by atoms with van der Waals surface area (Å²) in [7, 11) is 2.01. The number of aryl methyl sites for hydroxylation is 1. The fraction of sp³-hybridized carbons (Fsp3) is 0.263. The molecule has 1 aromatic carbocycles. The lowest BCUT2D eigenvalue weighted by Gasteiger charge is -2.38. The smallest absolute Gasteiger partial charge is 0.227 e. The molecule has 0 bridgehead atoms. The minimum atomic E-state index is 0.0383. The highest BCUT2D eigenvalue weighted by molar-refractivity contribution is 5.89. The van der Waals surface area contributed by atoms with Crippen molar-refractivity contribution >= 4 is 16.8 Å². The summed E-state index contributed by atoms with van der Waals surface area (Å²) >= 11 is 0. The van der Waals surface area contributed by atoms with Crippen molar-refractivity contribution in [1.29, 1.82) is 0 Å². The van der Waals surface area contributed by atoms with Gasteiger partial charge in [0.25, 0.3) is 0 Å². The summed E-state index contributed by atoms with van der Waals surface area (Å²) in [4.78, 5) is 18.5. The lowest BCUT2D eigenvalue weighted by Crippen LogP contribution is -2.56. The molecule has 1 saturated heterocycles. The van der Waals surface area contributed by atoms with Gasteiger partial charge < -0.3 is 14.2 Å². The summed E-state index contributed by atoms with van der Waals surface area (Å²) in [5.74, 6) is 0.760. The van der Waals surface area contributed by atoms with E-state index in [1.807, 2.05) is 48.5 Å². The van der Waals surface area contributed by atoms with Crippen LogP contribution in [0.1, 0.15) is 5.56 Å². The number of aromatic nitrogens is 2. The molecule has 4 rings (SSSR count). The predicted octanol–water partition coefficient (Wildman–Crippen LogP) is 2.41. The lowest BCUT2D eigenvalue weighted by atomic mass is 10.1. The van der Waals surface area contributed by atoms with E-state index in [0.717, 1.165) is 16.5 Å². The molecule has 1 aliphatic rings. The third-order valence-electron chi connectivity index (χ3n) is 4.45. The van der Waals surface area contributed by atoms with Gasteiger partial charge in [0.1, 0.15) is 6.10 Å². The number of benzene rings is 1. The first kappa shape index (κ1) is 14.8. The molecule has 0 atom stereocenters. The van der Waals surface area contributed by atoms with Gasteiger partial charge in [-0.15, -0.1) is 0 Å². The van der Waals surface area contributed by atoms with Gasteiger partial charge in [-0.3, -0.25) is 4.79 Å². The van der Waals surface area contributed by atoms with Crippen LogP contribution in [0.15, 0.2) is 54.9 Å². The van der Waals surface area contributed by atoms with Gasteiger partial charge in [0, 0.05) is 36.4 Å². The number of ether oxygens (including phenoxy) is 1. The van der Waals surface area contributed by atoms with Crippen LogP contribution >= 0.6 is 0 Å². The zero-order valence-corrected chi connectivity index (χ0v) is 13.6. The van der Waals surface area contributed by atoms with Crippen LogP contribution in [0.3, 0.4) is 0 Å². The van der Waals surface area contributed by atoms with Gasteiger partial charge in [-0.25, -0.2) is 4.98 Å². The first-order chi connectivity index (χ1) is 11.7. The Morgan fingerprint density at radius 3 is 2.79 bits per heavy atom. The van der Waals surface area contributed by atoms with Crippen molar-refractivity contribution in [1.82, 2.24) is 14.5 Å². The molecule has 2 aromatic heterocycles. The van der Waals surface area contributed by atoms with Gasteiger partial charge in [0.2, 0.25) is 11.8 Å². The molecule has 0 aliphatic carbocycles. The molecule has 1 aliphatic heterocycles. The molecule has 5 nitrogen and oxygen atoms in total. The Hall–Kier alpha value is -2.82. The Kier molecular flexibility index (Phi) is 3.69. The van der Waals surface area contributed by atoms with Crippen LogP contribution in [-0.2, 0) is 18.3 Å². The van der Waals surface area contributed by atoms with Gasteiger partial charge in [0.05, 0.1) is 19.5 Å². The maximum absolute atomic E-state index is 12.5. The molecule has 0 unspecified atom stereocenters. The third-order valence-corrected chi connectivity index (χ3v) is 4.45. The van der Waals surface area contributed by atoms with Crippen molar-refractivity contribution in [3.63, 3.8) is 0 Å². The predicted molar refractivity (Wildman–Crippen MR) is 91.9 cm³/mol.